The summed E-state index contributed by atoms with van der Waals surface area (Å²) in [5.41, 5.74) is 5.56. The monoisotopic (exact) mass is 274 g/mol. The zero-order chi connectivity index (χ0) is 14.9. The van der Waals surface area contributed by atoms with E-state index in [1.165, 1.54) is 6.07 Å². The first-order valence-electron chi connectivity index (χ1n) is 5.58. The number of nitrogens with one attached hydrogen (secondary N) is 1. The van der Waals surface area contributed by atoms with Gasteiger partial charge < -0.3 is 10.6 Å². The average molecular weight is 274 g/mol. The highest BCUT2D eigenvalue weighted by atomic mass is 19.1. The number of H-pyrrole nitrogens is 1. The second kappa shape index (κ2) is 4.97. The lowest BCUT2D eigenvalue weighted by atomic mass is 10.0. The maximum atomic E-state index is 14.2. The van der Waals surface area contributed by atoms with Gasteiger partial charge in [-0.2, -0.15) is 20.7 Å². The Bertz CT molecular complexity index is 715. The number of nitriles is 1. The maximum Gasteiger partial charge on any atom is 0.271 e. The van der Waals surface area contributed by atoms with Crippen LogP contribution in [0.1, 0.15) is 16.1 Å². The number of rotatable bonds is 3. The van der Waals surface area contributed by atoms with E-state index in [1.54, 1.807) is 19.0 Å². The molecular formula is C12H11FN6O. The lowest BCUT2D eigenvalue weighted by molar-refractivity contribution is 0.0996. The number of carbonyl (C=O) groups is 1. The highest BCUT2D eigenvalue weighted by Crippen LogP contribution is 2.35. The molecule has 0 unspecified atom stereocenters. The van der Waals surface area contributed by atoms with E-state index in [0.717, 1.165) is 6.07 Å². The van der Waals surface area contributed by atoms with Crippen LogP contribution in [0, 0.1) is 17.1 Å². The number of nitrogens with zero attached hydrogens (tertiary/aromatic N) is 4. The van der Waals surface area contributed by atoms with Crippen LogP contribution < -0.4 is 10.6 Å². The molecule has 1 aromatic carbocycles. The first-order valence-corrected chi connectivity index (χ1v) is 5.58. The van der Waals surface area contributed by atoms with Gasteiger partial charge in [0.1, 0.15) is 17.6 Å². The molecule has 0 atom stereocenters. The summed E-state index contributed by atoms with van der Waals surface area (Å²) >= 11 is 0. The summed E-state index contributed by atoms with van der Waals surface area (Å²) in [6.07, 6.45) is 0. The molecule has 2 aromatic rings. The number of hydrogen-bond donors (Lipinski definition) is 2. The highest BCUT2D eigenvalue weighted by Gasteiger charge is 2.24. The largest absolute Gasteiger partial charge is 0.376 e. The number of hydrogen-bond acceptors (Lipinski definition) is 5. The van der Waals surface area contributed by atoms with Crippen LogP contribution in [-0.4, -0.2) is 35.4 Å². The Morgan fingerprint density at radius 2 is 2.15 bits per heavy atom. The van der Waals surface area contributed by atoms with E-state index in [2.05, 4.69) is 15.4 Å². The number of aromatic amines is 1. The fourth-order valence-electron chi connectivity index (χ4n) is 1.92. The molecule has 0 radical (unpaired) electrons. The second-order valence-electron chi connectivity index (χ2n) is 4.21. The standard InChI is InChI=1S/C12H11FN6O/c1-19(2)11-6(5-14)3-4-7(13)8(11)9-10(12(15)20)17-18-16-9/h3-4H,1-2H3,(H2,15,20)(H,16,17,18). The molecule has 3 N–H and O–H groups in total. The van der Waals surface area contributed by atoms with Crippen LogP contribution in [0.3, 0.4) is 0 Å². The quantitative estimate of drug-likeness (QED) is 0.853. The minimum Gasteiger partial charge on any atom is -0.376 e. The maximum absolute atomic E-state index is 14.2. The van der Waals surface area contributed by atoms with Crippen molar-refractivity contribution in [1.29, 1.82) is 5.26 Å². The van der Waals surface area contributed by atoms with E-state index < -0.39 is 11.7 Å². The van der Waals surface area contributed by atoms with Crippen molar-refractivity contribution in [2.24, 2.45) is 5.73 Å². The van der Waals surface area contributed by atoms with Crippen molar-refractivity contribution in [3.63, 3.8) is 0 Å². The summed E-state index contributed by atoms with van der Waals surface area (Å²) in [6.45, 7) is 0. The first-order chi connectivity index (χ1) is 9.47. The number of carbonyl (C=O) groups excluding carboxylic acids is 1. The fraction of sp³-hybridized carbons (Fsp3) is 0.167. The predicted octanol–water partition coefficient (Wildman–Crippen LogP) is 0.647. The number of anilines is 1. The number of primary amides is 1. The number of amides is 1. The van der Waals surface area contributed by atoms with Gasteiger partial charge in [-0.25, -0.2) is 4.39 Å². The Hall–Kier alpha value is -2.95. The van der Waals surface area contributed by atoms with Crippen LogP contribution in [0.15, 0.2) is 12.1 Å². The molecule has 0 bridgehead atoms. The Morgan fingerprint density at radius 1 is 1.45 bits per heavy atom. The topological polar surface area (TPSA) is 112 Å². The van der Waals surface area contributed by atoms with Crippen LogP contribution in [0.25, 0.3) is 11.3 Å². The highest BCUT2D eigenvalue weighted by molar-refractivity contribution is 5.99. The van der Waals surface area contributed by atoms with Gasteiger partial charge in [-0.15, -0.1) is 0 Å². The molecule has 0 saturated heterocycles. The van der Waals surface area contributed by atoms with Crippen molar-refractivity contribution in [2.75, 3.05) is 19.0 Å². The Kier molecular flexibility index (Phi) is 3.35. The molecule has 0 saturated carbocycles. The van der Waals surface area contributed by atoms with Crippen molar-refractivity contribution in [3.05, 3.63) is 29.2 Å². The van der Waals surface area contributed by atoms with Crippen molar-refractivity contribution >= 4 is 11.6 Å². The Labute approximate surface area is 113 Å². The number of aromatic nitrogens is 3. The zero-order valence-corrected chi connectivity index (χ0v) is 10.8. The fourth-order valence-corrected chi connectivity index (χ4v) is 1.92. The molecule has 0 spiro atoms. The van der Waals surface area contributed by atoms with Gasteiger partial charge in [-0.3, -0.25) is 4.79 Å². The summed E-state index contributed by atoms with van der Waals surface area (Å²) in [4.78, 5) is 12.9. The van der Waals surface area contributed by atoms with E-state index in [1.807, 2.05) is 6.07 Å². The molecule has 0 aliphatic rings. The third-order valence-corrected chi connectivity index (χ3v) is 2.71. The van der Waals surface area contributed by atoms with Gasteiger partial charge in [0.05, 0.1) is 16.8 Å². The Balaban J connectivity index is 2.83. The van der Waals surface area contributed by atoms with Crippen molar-refractivity contribution in [1.82, 2.24) is 15.4 Å². The molecule has 0 fully saturated rings. The molecule has 1 heterocycles. The van der Waals surface area contributed by atoms with Crippen molar-refractivity contribution < 1.29 is 9.18 Å². The molecule has 20 heavy (non-hydrogen) atoms. The minimum absolute atomic E-state index is 0.0107. The molecule has 1 amide bonds. The third kappa shape index (κ3) is 2.05. The van der Waals surface area contributed by atoms with Gasteiger partial charge in [0.2, 0.25) is 0 Å². The van der Waals surface area contributed by atoms with Crippen molar-refractivity contribution in [3.8, 4) is 17.3 Å². The van der Waals surface area contributed by atoms with E-state index in [4.69, 9.17) is 11.0 Å². The van der Waals surface area contributed by atoms with E-state index in [0.29, 0.717) is 5.69 Å². The van der Waals surface area contributed by atoms with E-state index in [9.17, 15) is 9.18 Å². The smallest absolute Gasteiger partial charge is 0.271 e. The minimum atomic E-state index is -0.833. The summed E-state index contributed by atoms with van der Waals surface area (Å²) in [5, 5.41) is 18.7. The summed E-state index contributed by atoms with van der Waals surface area (Å²) < 4.78 is 14.2. The Morgan fingerprint density at radius 3 is 2.70 bits per heavy atom. The molecule has 1 aromatic heterocycles. The normalized spacial score (nSPS) is 10.1. The van der Waals surface area contributed by atoms with Crippen molar-refractivity contribution in [2.45, 2.75) is 0 Å². The van der Waals surface area contributed by atoms with Crippen LogP contribution in [-0.2, 0) is 0 Å². The van der Waals surface area contributed by atoms with Gasteiger partial charge in [-0.05, 0) is 12.1 Å². The number of benzene rings is 1. The summed E-state index contributed by atoms with van der Waals surface area (Å²) in [7, 11) is 3.31. The van der Waals surface area contributed by atoms with Gasteiger partial charge >= 0.3 is 0 Å². The molecule has 0 aliphatic carbocycles. The molecule has 102 valence electrons. The van der Waals surface area contributed by atoms with Crippen LogP contribution in [0.4, 0.5) is 10.1 Å². The van der Waals surface area contributed by atoms with Gasteiger partial charge in [0, 0.05) is 14.1 Å². The lowest BCUT2D eigenvalue weighted by Gasteiger charge is -2.18. The summed E-state index contributed by atoms with van der Waals surface area (Å²) in [5.74, 6) is -1.45. The van der Waals surface area contributed by atoms with Gasteiger partial charge in [0.15, 0.2) is 5.69 Å². The molecule has 7 nitrogen and oxygen atoms in total. The van der Waals surface area contributed by atoms with Gasteiger partial charge in [0.25, 0.3) is 5.91 Å². The van der Waals surface area contributed by atoms with Gasteiger partial charge in [-0.1, -0.05) is 0 Å². The van der Waals surface area contributed by atoms with Crippen LogP contribution >= 0.6 is 0 Å². The van der Waals surface area contributed by atoms with Crippen LogP contribution in [0.2, 0.25) is 0 Å². The van der Waals surface area contributed by atoms with E-state index in [-0.39, 0.29) is 22.5 Å². The van der Waals surface area contributed by atoms with E-state index >= 15 is 0 Å². The summed E-state index contributed by atoms with van der Waals surface area (Å²) in [6, 6.07) is 4.47. The molecule has 8 heteroatoms. The SMILES string of the molecule is CN(C)c1c(C#N)ccc(F)c1-c1n[nH]nc1C(N)=O. The second-order valence-corrected chi connectivity index (χ2v) is 4.21. The average Bonchev–Trinajstić information content (AvgIpc) is 2.87. The molecule has 2 rings (SSSR count). The number of nitrogens with two attached hydrogens (primary N) is 1. The first kappa shape index (κ1) is 13.5. The third-order valence-electron chi connectivity index (χ3n) is 2.71. The lowest BCUT2D eigenvalue weighted by Crippen LogP contribution is -2.16. The van der Waals surface area contributed by atoms with Crippen LogP contribution in [0.5, 0.6) is 0 Å². The molecular weight excluding hydrogens is 263 g/mol. The zero-order valence-electron chi connectivity index (χ0n) is 10.8. The predicted molar refractivity (Wildman–Crippen MR) is 69.3 cm³/mol. The molecule has 0 aliphatic heterocycles. The number of halogens is 1.